The lowest BCUT2D eigenvalue weighted by atomic mass is 9.89. The lowest BCUT2D eigenvalue weighted by Crippen LogP contribution is -2.24. The fourth-order valence-electron chi connectivity index (χ4n) is 3.00. The van der Waals surface area contributed by atoms with E-state index in [-0.39, 0.29) is 5.92 Å². The number of nitrogens with one attached hydrogen (secondary N) is 2. The van der Waals surface area contributed by atoms with Crippen LogP contribution in [0.2, 0.25) is 5.02 Å². The Morgan fingerprint density at radius 2 is 2.09 bits per heavy atom. The summed E-state index contributed by atoms with van der Waals surface area (Å²) < 4.78 is 13.7. The van der Waals surface area contributed by atoms with Gasteiger partial charge in [-0.25, -0.2) is 9.49 Å². The van der Waals surface area contributed by atoms with Crippen LogP contribution in [0.5, 0.6) is 0 Å². The molecule has 110 valence electrons. The zero-order valence-corrected chi connectivity index (χ0v) is 12.1. The SMILES string of the molecule is O=c1[nH]nc2c3c(cc(F)cc13)NC[C@@H]2c1ccccc1Cl. The van der Waals surface area contributed by atoms with E-state index in [0.717, 1.165) is 5.56 Å². The Morgan fingerprint density at radius 3 is 2.91 bits per heavy atom. The summed E-state index contributed by atoms with van der Waals surface area (Å²) in [6, 6.07) is 10.1. The highest BCUT2D eigenvalue weighted by Gasteiger charge is 2.27. The van der Waals surface area contributed by atoms with Crippen molar-refractivity contribution in [3.05, 3.63) is 68.8 Å². The third kappa shape index (κ3) is 1.89. The Bertz CT molecular complexity index is 954. The highest BCUT2D eigenvalue weighted by molar-refractivity contribution is 6.31. The number of aromatic amines is 1. The summed E-state index contributed by atoms with van der Waals surface area (Å²) in [5, 5.41) is 11.4. The maximum absolute atomic E-state index is 13.7. The highest BCUT2D eigenvalue weighted by Crippen LogP contribution is 2.38. The molecule has 1 aliphatic rings. The van der Waals surface area contributed by atoms with Crippen LogP contribution < -0.4 is 10.9 Å². The molecule has 0 spiro atoms. The van der Waals surface area contributed by atoms with Crippen molar-refractivity contribution in [2.75, 3.05) is 11.9 Å². The maximum Gasteiger partial charge on any atom is 0.272 e. The first-order valence-electron chi connectivity index (χ1n) is 6.85. The number of benzene rings is 2. The molecule has 1 aromatic heterocycles. The molecular weight excluding hydrogens is 305 g/mol. The third-order valence-electron chi connectivity index (χ3n) is 3.99. The van der Waals surface area contributed by atoms with Crippen LogP contribution in [0.4, 0.5) is 10.1 Å². The van der Waals surface area contributed by atoms with Crippen molar-refractivity contribution >= 4 is 28.1 Å². The monoisotopic (exact) mass is 315 g/mol. The molecule has 4 nitrogen and oxygen atoms in total. The quantitative estimate of drug-likeness (QED) is 0.724. The summed E-state index contributed by atoms with van der Waals surface area (Å²) in [6.45, 7) is 0.536. The molecule has 2 aromatic carbocycles. The molecule has 3 aromatic rings. The number of anilines is 1. The van der Waals surface area contributed by atoms with Crippen molar-refractivity contribution in [1.29, 1.82) is 0 Å². The number of hydrogen-bond donors (Lipinski definition) is 2. The number of nitrogens with zero attached hydrogens (tertiary/aromatic N) is 1. The second-order valence-electron chi connectivity index (χ2n) is 5.27. The molecule has 0 saturated carbocycles. The Morgan fingerprint density at radius 1 is 1.27 bits per heavy atom. The zero-order chi connectivity index (χ0) is 15.3. The van der Waals surface area contributed by atoms with Gasteiger partial charge >= 0.3 is 0 Å². The maximum atomic E-state index is 13.7. The topological polar surface area (TPSA) is 57.8 Å². The smallest absolute Gasteiger partial charge is 0.272 e. The van der Waals surface area contributed by atoms with E-state index in [0.29, 0.717) is 33.7 Å². The Hall–Kier alpha value is -2.40. The van der Waals surface area contributed by atoms with Crippen LogP contribution in [-0.4, -0.2) is 16.7 Å². The summed E-state index contributed by atoms with van der Waals surface area (Å²) in [7, 11) is 0. The second kappa shape index (κ2) is 4.81. The van der Waals surface area contributed by atoms with Crippen molar-refractivity contribution in [3.63, 3.8) is 0 Å². The van der Waals surface area contributed by atoms with Crippen molar-refractivity contribution in [2.45, 2.75) is 5.92 Å². The van der Waals surface area contributed by atoms with Gasteiger partial charge in [-0.05, 0) is 23.8 Å². The van der Waals surface area contributed by atoms with Crippen molar-refractivity contribution in [2.24, 2.45) is 0 Å². The fraction of sp³-hybridized carbons (Fsp3) is 0.125. The Labute approximate surface area is 129 Å². The predicted octanol–water partition coefficient (Wildman–Crippen LogP) is 3.27. The minimum absolute atomic E-state index is 0.106. The first kappa shape index (κ1) is 13.3. The van der Waals surface area contributed by atoms with Crippen molar-refractivity contribution in [3.8, 4) is 0 Å². The van der Waals surface area contributed by atoms with Gasteiger partial charge in [-0.1, -0.05) is 29.8 Å². The molecule has 22 heavy (non-hydrogen) atoms. The molecule has 2 N–H and O–H groups in total. The number of halogens is 2. The third-order valence-corrected chi connectivity index (χ3v) is 4.33. The summed E-state index contributed by atoms with van der Waals surface area (Å²) in [5.74, 6) is -0.556. The van der Waals surface area contributed by atoms with Crippen LogP contribution >= 0.6 is 11.6 Å². The highest BCUT2D eigenvalue weighted by atomic mass is 35.5. The van der Waals surface area contributed by atoms with Crippen LogP contribution in [0.15, 0.2) is 41.2 Å². The molecule has 0 unspecified atom stereocenters. The van der Waals surface area contributed by atoms with Gasteiger partial charge in [0.15, 0.2) is 0 Å². The van der Waals surface area contributed by atoms with E-state index < -0.39 is 11.4 Å². The molecule has 2 heterocycles. The van der Waals surface area contributed by atoms with Gasteiger partial charge in [0.05, 0.1) is 11.1 Å². The molecular formula is C16H11ClFN3O. The van der Waals surface area contributed by atoms with E-state index in [2.05, 4.69) is 15.5 Å². The average molecular weight is 316 g/mol. The van der Waals surface area contributed by atoms with Crippen LogP contribution in [0, 0.1) is 5.82 Å². The molecule has 4 rings (SSSR count). The van der Waals surface area contributed by atoms with E-state index >= 15 is 0 Å². The van der Waals surface area contributed by atoms with Crippen LogP contribution in [0.1, 0.15) is 17.2 Å². The summed E-state index contributed by atoms with van der Waals surface area (Å²) in [6.07, 6.45) is 0. The lowest BCUT2D eigenvalue weighted by molar-refractivity contribution is 0.629. The van der Waals surface area contributed by atoms with Gasteiger partial charge in [0.1, 0.15) is 5.82 Å². The molecule has 1 atom stereocenters. The number of hydrogen-bond acceptors (Lipinski definition) is 3. The summed E-state index contributed by atoms with van der Waals surface area (Å²) in [4.78, 5) is 11.9. The molecule has 0 fully saturated rings. The molecule has 0 amide bonds. The molecule has 6 heteroatoms. The molecule has 1 aliphatic heterocycles. The molecule has 0 bridgehead atoms. The molecule has 0 saturated heterocycles. The molecule has 0 radical (unpaired) electrons. The lowest BCUT2D eigenvalue weighted by Gasteiger charge is -2.26. The van der Waals surface area contributed by atoms with Crippen LogP contribution in [-0.2, 0) is 0 Å². The van der Waals surface area contributed by atoms with E-state index in [1.165, 1.54) is 12.1 Å². The van der Waals surface area contributed by atoms with Gasteiger partial charge in [0, 0.05) is 28.6 Å². The zero-order valence-electron chi connectivity index (χ0n) is 11.4. The van der Waals surface area contributed by atoms with Crippen molar-refractivity contribution < 1.29 is 4.39 Å². The molecule has 0 aliphatic carbocycles. The van der Waals surface area contributed by atoms with Gasteiger partial charge in [0.25, 0.3) is 5.56 Å². The van der Waals surface area contributed by atoms with E-state index in [1.54, 1.807) is 0 Å². The van der Waals surface area contributed by atoms with Crippen LogP contribution in [0.25, 0.3) is 10.8 Å². The van der Waals surface area contributed by atoms with Gasteiger partial charge in [-0.3, -0.25) is 4.79 Å². The average Bonchev–Trinajstić information content (AvgIpc) is 2.51. The second-order valence-corrected chi connectivity index (χ2v) is 5.68. The predicted molar refractivity (Wildman–Crippen MR) is 84.1 cm³/mol. The van der Waals surface area contributed by atoms with Gasteiger partial charge < -0.3 is 5.32 Å². The first-order valence-corrected chi connectivity index (χ1v) is 7.23. The van der Waals surface area contributed by atoms with E-state index in [1.807, 2.05) is 24.3 Å². The Balaban J connectivity index is 2.04. The summed E-state index contributed by atoms with van der Waals surface area (Å²) >= 11 is 6.29. The summed E-state index contributed by atoms with van der Waals surface area (Å²) in [5.41, 5.74) is 1.82. The first-order chi connectivity index (χ1) is 10.6. The fourth-order valence-corrected chi connectivity index (χ4v) is 3.27. The number of aromatic nitrogens is 2. The number of rotatable bonds is 1. The minimum atomic E-state index is -0.450. The van der Waals surface area contributed by atoms with Crippen LogP contribution in [0.3, 0.4) is 0 Å². The van der Waals surface area contributed by atoms with Gasteiger partial charge in [-0.2, -0.15) is 5.10 Å². The van der Waals surface area contributed by atoms with E-state index in [9.17, 15) is 9.18 Å². The van der Waals surface area contributed by atoms with Gasteiger partial charge in [-0.15, -0.1) is 0 Å². The largest absolute Gasteiger partial charge is 0.383 e. The van der Waals surface area contributed by atoms with Crippen molar-refractivity contribution in [1.82, 2.24) is 10.2 Å². The van der Waals surface area contributed by atoms with Gasteiger partial charge in [0.2, 0.25) is 0 Å². The normalized spacial score (nSPS) is 16.5. The van der Waals surface area contributed by atoms with E-state index in [4.69, 9.17) is 11.6 Å². The standard InChI is InChI=1S/C16H11ClFN3O/c17-12-4-2-1-3-9(12)11-7-19-13-6-8(18)5-10-14(13)15(11)20-21-16(10)22/h1-6,11,19H,7H2,(H,21,22)/t11-/m1/s1. The Kier molecular flexibility index (Phi) is 2.90. The number of H-pyrrole nitrogens is 1. The minimum Gasteiger partial charge on any atom is -0.383 e.